The van der Waals surface area contributed by atoms with Crippen LogP contribution in [0.5, 0.6) is 0 Å². The summed E-state index contributed by atoms with van der Waals surface area (Å²) in [5, 5.41) is 12.1. The summed E-state index contributed by atoms with van der Waals surface area (Å²) in [6.07, 6.45) is 4.09. The van der Waals surface area contributed by atoms with E-state index in [1.165, 1.54) is 6.42 Å². The molecule has 3 atom stereocenters. The molecule has 0 radical (unpaired) electrons. The Morgan fingerprint density at radius 3 is 2.48 bits per heavy atom. The SMILES string of the molecule is CCC(C)C(NC(=O)C(C)(C)N1CCCCC1C)C(=O)O. The van der Waals surface area contributed by atoms with Gasteiger partial charge in [-0.25, -0.2) is 4.79 Å². The largest absolute Gasteiger partial charge is 0.480 e. The highest BCUT2D eigenvalue weighted by atomic mass is 16.4. The van der Waals surface area contributed by atoms with Gasteiger partial charge in [-0.1, -0.05) is 26.7 Å². The van der Waals surface area contributed by atoms with E-state index in [4.69, 9.17) is 0 Å². The monoisotopic (exact) mass is 298 g/mol. The van der Waals surface area contributed by atoms with Gasteiger partial charge in [0, 0.05) is 6.04 Å². The molecule has 0 aromatic heterocycles. The number of carbonyl (C=O) groups is 2. The highest BCUT2D eigenvalue weighted by molar-refractivity contribution is 5.89. The Bertz CT molecular complexity index is 382. The van der Waals surface area contributed by atoms with Crippen molar-refractivity contribution in [1.82, 2.24) is 10.2 Å². The Hall–Kier alpha value is -1.10. The van der Waals surface area contributed by atoms with Crippen LogP contribution < -0.4 is 5.32 Å². The van der Waals surface area contributed by atoms with E-state index in [-0.39, 0.29) is 11.8 Å². The third-order valence-corrected chi connectivity index (χ3v) is 4.84. The number of hydrogen-bond acceptors (Lipinski definition) is 3. The minimum absolute atomic E-state index is 0.0824. The lowest BCUT2D eigenvalue weighted by Gasteiger charge is -2.44. The van der Waals surface area contributed by atoms with Gasteiger partial charge in [-0.15, -0.1) is 0 Å². The van der Waals surface area contributed by atoms with Crippen molar-refractivity contribution in [1.29, 1.82) is 0 Å². The van der Waals surface area contributed by atoms with Gasteiger partial charge in [0.15, 0.2) is 0 Å². The average Bonchev–Trinajstić information content (AvgIpc) is 2.43. The van der Waals surface area contributed by atoms with Crippen molar-refractivity contribution in [2.45, 2.75) is 77.9 Å². The zero-order chi connectivity index (χ0) is 16.2. The van der Waals surface area contributed by atoms with Crippen LogP contribution in [0, 0.1) is 5.92 Å². The average molecular weight is 298 g/mol. The molecule has 1 saturated heterocycles. The zero-order valence-electron chi connectivity index (χ0n) is 14.0. The number of rotatable bonds is 6. The van der Waals surface area contributed by atoms with Crippen LogP contribution in [0.1, 0.15) is 60.3 Å². The van der Waals surface area contributed by atoms with E-state index in [9.17, 15) is 14.7 Å². The van der Waals surface area contributed by atoms with Crippen LogP contribution >= 0.6 is 0 Å². The summed E-state index contributed by atoms with van der Waals surface area (Å²) in [5.41, 5.74) is -0.680. The van der Waals surface area contributed by atoms with Crippen molar-refractivity contribution in [3.63, 3.8) is 0 Å². The number of amides is 1. The van der Waals surface area contributed by atoms with Crippen LogP contribution in [0.4, 0.5) is 0 Å². The molecule has 0 aromatic carbocycles. The summed E-state index contributed by atoms with van der Waals surface area (Å²) < 4.78 is 0. The molecule has 2 N–H and O–H groups in total. The van der Waals surface area contributed by atoms with Gasteiger partial charge in [-0.3, -0.25) is 9.69 Å². The number of hydrogen-bond donors (Lipinski definition) is 2. The Morgan fingerprint density at radius 2 is 2.00 bits per heavy atom. The maximum absolute atomic E-state index is 12.6. The predicted octanol–water partition coefficient (Wildman–Crippen LogP) is 2.25. The molecule has 1 rings (SSSR count). The van der Waals surface area contributed by atoms with Crippen molar-refractivity contribution in [2.24, 2.45) is 5.92 Å². The molecular formula is C16H30N2O3. The molecule has 5 heteroatoms. The summed E-state index contributed by atoms with van der Waals surface area (Å²) in [4.78, 5) is 26.2. The van der Waals surface area contributed by atoms with Crippen LogP contribution in [0.25, 0.3) is 0 Å². The van der Waals surface area contributed by atoms with Crippen molar-refractivity contribution in [3.8, 4) is 0 Å². The highest BCUT2D eigenvalue weighted by Crippen LogP contribution is 2.26. The van der Waals surface area contributed by atoms with Gasteiger partial charge in [-0.05, 0) is 46.1 Å². The molecule has 0 spiro atoms. The summed E-state index contributed by atoms with van der Waals surface area (Å²) in [5.74, 6) is -1.23. The van der Waals surface area contributed by atoms with Crippen molar-refractivity contribution < 1.29 is 14.7 Å². The molecule has 0 aliphatic carbocycles. The zero-order valence-corrected chi connectivity index (χ0v) is 14.0. The summed E-state index contributed by atoms with van der Waals surface area (Å²) >= 11 is 0. The number of nitrogens with zero attached hydrogens (tertiary/aromatic N) is 1. The van der Waals surface area contributed by atoms with E-state index in [0.29, 0.717) is 6.04 Å². The molecule has 1 fully saturated rings. The molecule has 0 aromatic rings. The van der Waals surface area contributed by atoms with E-state index < -0.39 is 17.6 Å². The molecule has 1 aliphatic heterocycles. The number of nitrogens with one attached hydrogen (secondary N) is 1. The quantitative estimate of drug-likeness (QED) is 0.789. The van der Waals surface area contributed by atoms with Gasteiger partial charge in [0.2, 0.25) is 5.91 Å². The summed E-state index contributed by atoms with van der Waals surface area (Å²) in [6.45, 7) is 10.6. The Balaban J connectivity index is 2.81. The molecule has 5 nitrogen and oxygen atoms in total. The molecular weight excluding hydrogens is 268 g/mol. The highest BCUT2D eigenvalue weighted by Gasteiger charge is 2.40. The fourth-order valence-electron chi connectivity index (χ4n) is 3.06. The number of carbonyl (C=O) groups excluding carboxylic acids is 1. The minimum atomic E-state index is -0.958. The molecule has 0 bridgehead atoms. The second-order valence-corrected chi connectivity index (χ2v) is 6.77. The van der Waals surface area contributed by atoms with Crippen LogP contribution in [-0.4, -0.2) is 46.1 Å². The Kier molecular flexibility index (Phi) is 6.20. The molecule has 1 heterocycles. The van der Waals surface area contributed by atoms with Gasteiger partial charge >= 0.3 is 5.97 Å². The molecule has 3 unspecified atom stereocenters. The smallest absolute Gasteiger partial charge is 0.326 e. The van der Waals surface area contributed by atoms with E-state index in [1.807, 2.05) is 27.7 Å². The van der Waals surface area contributed by atoms with Crippen LogP contribution in [0.3, 0.4) is 0 Å². The number of carboxylic acid groups (broad SMARTS) is 1. The lowest BCUT2D eigenvalue weighted by molar-refractivity contribution is -0.146. The molecule has 1 amide bonds. The van der Waals surface area contributed by atoms with E-state index in [2.05, 4.69) is 17.1 Å². The van der Waals surface area contributed by atoms with Crippen LogP contribution in [0.2, 0.25) is 0 Å². The first-order chi connectivity index (χ1) is 9.71. The first kappa shape index (κ1) is 18.0. The van der Waals surface area contributed by atoms with Crippen LogP contribution in [0.15, 0.2) is 0 Å². The van der Waals surface area contributed by atoms with Crippen LogP contribution in [-0.2, 0) is 9.59 Å². The first-order valence-corrected chi connectivity index (χ1v) is 8.02. The lowest BCUT2D eigenvalue weighted by atomic mass is 9.92. The fourth-order valence-corrected chi connectivity index (χ4v) is 3.06. The molecule has 21 heavy (non-hydrogen) atoms. The fraction of sp³-hybridized carbons (Fsp3) is 0.875. The second kappa shape index (κ2) is 7.25. The Morgan fingerprint density at radius 1 is 1.38 bits per heavy atom. The van der Waals surface area contributed by atoms with Gasteiger partial charge in [0.1, 0.15) is 6.04 Å². The second-order valence-electron chi connectivity index (χ2n) is 6.77. The lowest BCUT2D eigenvalue weighted by Crippen LogP contribution is -2.61. The van der Waals surface area contributed by atoms with Gasteiger partial charge in [0.05, 0.1) is 5.54 Å². The number of likely N-dealkylation sites (tertiary alicyclic amines) is 1. The van der Waals surface area contributed by atoms with E-state index in [1.54, 1.807) is 0 Å². The maximum Gasteiger partial charge on any atom is 0.326 e. The maximum atomic E-state index is 12.6. The first-order valence-electron chi connectivity index (χ1n) is 8.02. The summed E-state index contributed by atoms with van der Waals surface area (Å²) in [7, 11) is 0. The molecule has 122 valence electrons. The van der Waals surface area contributed by atoms with Gasteiger partial charge in [-0.2, -0.15) is 0 Å². The Labute approximate surface area is 128 Å². The third kappa shape index (κ3) is 4.19. The third-order valence-electron chi connectivity index (χ3n) is 4.84. The standard InChI is InChI=1S/C16H30N2O3/c1-6-11(2)13(14(19)20)17-15(21)16(4,5)18-10-8-7-9-12(18)3/h11-13H,6-10H2,1-5H3,(H,17,21)(H,19,20). The topological polar surface area (TPSA) is 69.6 Å². The van der Waals surface area contributed by atoms with E-state index >= 15 is 0 Å². The van der Waals surface area contributed by atoms with Crippen molar-refractivity contribution in [2.75, 3.05) is 6.54 Å². The molecule has 1 aliphatic rings. The van der Waals surface area contributed by atoms with E-state index in [0.717, 1.165) is 25.8 Å². The normalized spacial score (nSPS) is 23.4. The number of carboxylic acids is 1. The number of aliphatic carboxylic acids is 1. The summed E-state index contributed by atoms with van der Waals surface area (Å²) in [6, 6.07) is -0.465. The predicted molar refractivity (Wildman–Crippen MR) is 83.1 cm³/mol. The van der Waals surface area contributed by atoms with Gasteiger partial charge < -0.3 is 10.4 Å². The molecule has 0 saturated carbocycles. The van der Waals surface area contributed by atoms with Crippen molar-refractivity contribution >= 4 is 11.9 Å². The minimum Gasteiger partial charge on any atom is -0.480 e. The van der Waals surface area contributed by atoms with Gasteiger partial charge in [0.25, 0.3) is 0 Å². The number of piperidine rings is 1. The van der Waals surface area contributed by atoms with Crippen molar-refractivity contribution in [3.05, 3.63) is 0 Å².